The topological polar surface area (TPSA) is 120 Å². The number of carbonyl (C=O) groups is 2. The molecular formula is C29H24Cl2FN5O4. The molecule has 0 radical (unpaired) electrons. The second-order valence-corrected chi connectivity index (χ2v) is 11.7. The molecule has 1 spiro atoms. The number of aromatic nitrogens is 3. The highest BCUT2D eigenvalue weighted by Crippen LogP contribution is 2.58. The number of aromatic carboxylic acids is 1. The van der Waals surface area contributed by atoms with Crippen LogP contribution in [0.4, 0.5) is 10.1 Å². The number of carboxylic acids is 1. The van der Waals surface area contributed by atoms with Crippen LogP contribution in [0.1, 0.15) is 46.7 Å². The fourth-order valence-corrected chi connectivity index (χ4v) is 6.79. The van der Waals surface area contributed by atoms with Crippen LogP contribution in [0.15, 0.2) is 48.7 Å². The smallest absolute Gasteiger partial charge is 0.337 e. The third-order valence-electron chi connectivity index (χ3n) is 8.44. The van der Waals surface area contributed by atoms with Gasteiger partial charge >= 0.3 is 5.97 Å². The molecule has 0 unspecified atom stereocenters. The van der Waals surface area contributed by atoms with Gasteiger partial charge in [0.05, 0.1) is 16.0 Å². The van der Waals surface area contributed by atoms with Crippen molar-refractivity contribution < 1.29 is 23.8 Å². The van der Waals surface area contributed by atoms with Gasteiger partial charge in [-0.2, -0.15) is 0 Å². The van der Waals surface area contributed by atoms with Crippen LogP contribution in [-0.4, -0.2) is 56.3 Å². The van der Waals surface area contributed by atoms with Crippen LogP contribution in [0.3, 0.4) is 0 Å². The summed E-state index contributed by atoms with van der Waals surface area (Å²) >= 11 is 12.5. The molecule has 210 valence electrons. The van der Waals surface area contributed by atoms with E-state index >= 15 is 4.39 Å². The number of pyridine rings is 1. The van der Waals surface area contributed by atoms with Crippen molar-refractivity contribution >= 4 is 51.8 Å². The maximum absolute atomic E-state index is 15.7. The second kappa shape index (κ2) is 9.68. The number of benzene rings is 2. The molecule has 0 bridgehead atoms. The van der Waals surface area contributed by atoms with Crippen molar-refractivity contribution in [2.24, 2.45) is 5.92 Å². The molecule has 12 heteroatoms. The summed E-state index contributed by atoms with van der Waals surface area (Å²) in [6.07, 6.45) is 3.73. The molecule has 1 saturated heterocycles. The van der Waals surface area contributed by atoms with E-state index in [-0.39, 0.29) is 35.0 Å². The van der Waals surface area contributed by atoms with Crippen LogP contribution < -0.4 is 10.1 Å². The summed E-state index contributed by atoms with van der Waals surface area (Å²) in [5.74, 6) is -1.88. The molecule has 1 aliphatic carbocycles. The first kappa shape index (κ1) is 26.2. The van der Waals surface area contributed by atoms with E-state index < -0.39 is 23.2 Å². The largest absolute Gasteiger partial charge is 0.478 e. The van der Waals surface area contributed by atoms with Gasteiger partial charge in [0, 0.05) is 41.0 Å². The Labute approximate surface area is 243 Å². The number of nitrogens with zero attached hydrogens (tertiary/aromatic N) is 3. The van der Waals surface area contributed by atoms with Crippen molar-refractivity contribution in [2.75, 3.05) is 18.5 Å². The maximum Gasteiger partial charge on any atom is 0.337 e. The predicted molar refractivity (Wildman–Crippen MR) is 150 cm³/mol. The number of H-pyrrole nitrogens is 1. The highest BCUT2D eigenvalue weighted by atomic mass is 35.5. The Morgan fingerprint density at radius 3 is 2.83 bits per heavy atom. The first-order valence-electron chi connectivity index (χ1n) is 13.3. The van der Waals surface area contributed by atoms with E-state index in [1.54, 1.807) is 24.3 Å². The summed E-state index contributed by atoms with van der Waals surface area (Å²) in [5.41, 5.74) is 0.881. The van der Waals surface area contributed by atoms with E-state index in [0.717, 1.165) is 18.4 Å². The lowest BCUT2D eigenvalue weighted by atomic mass is 9.75. The molecule has 41 heavy (non-hydrogen) atoms. The third-order valence-corrected chi connectivity index (χ3v) is 8.97. The lowest BCUT2D eigenvalue weighted by molar-refractivity contribution is -0.128. The standard InChI is InChI=1S/C29H24Cl2FN5O4/c30-16-6-7-20-23(9-16)34-28(40)29(20)21(18-2-1-3-22(31)24(18)32)10-17(37(29)12-14-4-5-14)13-41-26-19-8-15(27(38)39)11-33-25(19)35-36-26/h1-3,6-9,11,14,17,21H,4-5,10,12-13H2,(H,34,40)(H,38,39)(H,33,35,36)/t17-,21-,29-/m1/s1. The molecule has 3 N–H and O–H groups in total. The van der Waals surface area contributed by atoms with Crippen molar-refractivity contribution in [1.82, 2.24) is 20.1 Å². The monoisotopic (exact) mass is 595 g/mol. The molecular weight excluding hydrogens is 572 g/mol. The number of likely N-dealkylation sites (tertiary alicyclic amines) is 1. The van der Waals surface area contributed by atoms with Gasteiger partial charge in [-0.3, -0.25) is 14.8 Å². The van der Waals surface area contributed by atoms with E-state index in [2.05, 4.69) is 25.4 Å². The van der Waals surface area contributed by atoms with E-state index in [4.69, 9.17) is 27.9 Å². The van der Waals surface area contributed by atoms with Gasteiger partial charge < -0.3 is 15.2 Å². The van der Waals surface area contributed by atoms with Crippen LogP contribution in [-0.2, 0) is 10.3 Å². The Hall–Kier alpha value is -3.73. The number of hydrogen-bond donors (Lipinski definition) is 3. The molecule has 9 nitrogen and oxygen atoms in total. The Morgan fingerprint density at radius 1 is 1.22 bits per heavy atom. The number of amides is 1. The molecule has 1 saturated carbocycles. The van der Waals surface area contributed by atoms with Gasteiger partial charge in [-0.15, -0.1) is 5.10 Å². The van der Waals surface area contributed by atoms with Crippen LogP contribution in [0.5, 0.6) is 5.88 Å². The summed E-state index contributed by atoms with van der Waals surface area (Å²) in [6, 6.07) is 11.3. The van der Waals surface area contributed by atoms with Crippen LogP contribution in [0.25, 0.3) is 11.0 Å². The molecule has 3 aliphatic rings. The second-order valence-electron chi connectivity index (χ2n) is 10.9. The van der Waals surface area contributed by atoms with Gasteiger partial charge in [0.25, 0.3) is 0 Å². The first-order chi connectivity index (χ1) is 19.8. The summed E-state index contributed by atoms with van der Waals surface area (Å²) < 4.78 is 21.9. The normalized spacial score (nSPS) is 23.7. The van der Waals surface area contributed by atoms with Crippen molar-refractivity contribution in [2.45, 2.75) is 36.8 Å². The Kier molecular flexibility index (Phi) is 6.18. The van der Waals surface area contributed by atoms with Gasteiger partial charge in [-0.05, 0) is 55.0 Å². The average molecular weight is 596 g/mol. The van der Waals surface area contributed by atoms with Crippen molar-refractivity contribution in [3.63, 3.8) is 0 Å². The minimum absolute atomic E-state index is 0.00770. The number of hydrogen-bond acceptors (Lipinski definition) is 6. The molecule has 1 amide bonds. The van der Waals surface area contributed by atoms with Crippen LogP contribution in [0.2, 0.25) is 10.0 Å². The lowest BCUT2D eigenvalue weighted by Gasteiger charge is -2.40. The number of carboxylic acid groups (broad SMARTS) is 1. The molecule has 4 aromatic rings. The highest BCUT2D eigenvalue weighted by Gasteiger charge is 2.64. The minimum atomic E-state index is -1.21. The third kappa shape index (κ3) is 4.15. The fraction of sp³-hybridized carbons (Fsp3) is 0.310. The van der Waals surface area contributed by atoms with Crippen molar-refractivity contribution in [1.29, 1.82) is 0 Å². The number of anilines is 1. The maximum atomic E-state index is 15.7. The van der Waals surface area contributed by atoms with Gasteiger partial charge in [-0.25, -0.2) is 14.2 Å². The number of aromatic amines is 1. The molecule has 2 fully saturated rings. The number of rotatable bonds is 7. The Morgan fingerprint density at radius 2 is 2.05 bits per heavy atom. The summed E-state index contributed by atoms with van der Waals surface area (Å²) in [5, 5.41) is 20.3. The van der Waals surface area contributed by atoms with Gasteiger partial charge in [0.1, 0.15) is 18.0 Å². The number of fused-ring (bicyclic) bond motifs is 3. The van der Waals surface area contributed by atoms with Crippen molar-refractivity contribution in [3.8, 4) is 5.88 Å². The number of halogens is 3. The molecule has 7 rings (SSSR count). The molecule has 2 aliphatic heterocycles. The van der Waals surface area contributed by atoms with E-state index in [9.17, 15) is 14.7 Å². The lowest BCUT2D eigenvalue weighted by Crippen LogP contribution is -2.53. The van der Waals surface area contributed by atoms with E-state index in [1.807, 2.05) is 6.07 Å². The fourth-order valence-electron chi connectivity index (χ4n) is 6.44. The van der Waals surface area contributed by atoms with Crippen LogP contribution >= 0.6 is 23.2 Å². The van der Waals surface area contributed by atoms with Crippen molar-refractivity contribution in [3.05, 3.63) is 81.2 Å². The molecule has 3 atom stereocenters. The van der Waals surface area contributed by atoms with Gasteiger partial charge in [-0.1, -0.05) is 41.4 Å². The minimum Gasteiger partial charge on any atom is -0.478 e. The Bertz CT molecular complexity index is 1730. The zero-order chi connectivity index (χ0) is 28.5. The zero-order valence-corrected chi connectivity index (χ0v) is 23.0. The summed E-state index contributed by atoms with van der Waals surface area (Å²) in [7, 11) is 0. The SMILES string of the molecule is O=C(O)c1cnc2[nH]nc(OC[C@H]3C[C@H](c4cccc(Cl)c4F)[C@]4(C(=O)Nc5cc(Cl)ccc54)N3CC3CC3)c2c1. The molecule has 4 heterocycles. The summed E-state index contributed by atoms with van der Waals surface area (Å²) in [4.78, 5) is 31.9. The average Bonchev–Trinajstić information content (AvgIpc) is 3.50. The Balaban J connectivity index is 1.33. The van der Waals surface area contributed by atoms with E-state index in [1.165, 1.54) is 18.3 Å². The van der Waals surface area contributed by atoms with Gasteiger partial charge in [0.2, 0.25) is 11.8 Å². The predicted octanol–water partition coefficient (Wildman–Crippen LogP) is 5.60. The molecule has 2 aromatic carbocycles. The van der Waals surface area contributed by atoms with E-state index in [0.29, 0.717) is 46.2 Å². The molecule has 2 aromatic heterocycles. The van der Waals surface area contributed by atoms with Crippen LogP contribution in [0, 0.1) is 11.7 Å². The quantitative estimate of drug-likeness (QED) is 0.254. The zero-order valence-electron chi connectivity index (χ0n) is 21.5. The number of carbonyl (C=O) groups excluding carboxylic acids is 1. The number of nitrogens with one attached hydrogen (secondary N) is 2. The highest BCUT2D eigenvalue weighted by molar-refractivity contribution is 6.31. The first-order valence-corrected chi connectivity index (χ1v) is 14.0. The summed E-state index contributed by atoms with van der Waals surface area (Å²) in [6.45, 7) is 0.745. The number of ether oxygens (including phenoxy) is 1. The van der Waals surface area contributed by atoms with Gasteiger partial charge in [0.15, 0.2) is 5.65 Å².